The molecule has 0 radical (unpaired) electrons. The molecule has 5 rings (SSSR count). The fraction of sp³-hybridized carbons (Fsp3) is 0.333. The minimum Gasteiger partial charge on any atom is -0.354 e. The predicted molar refractivity (Wildman–Crippen MR) is 128 cm³/mol. The van der Waals surface area contributed by atoms with E-state index in [0.717, 1.165) is 48.5 Å². The highest BCUT2D eigenvalue weighted by molar-refractivity contribution is 7.08. The quantitative estimate of drug-likeness (QED) is 0.668. The van der Waals surface area contributed by atoms with Gasteiger partial charge in [0.05, 0.1) is 41.3 Å². The average molecular weight is 447 g/mol. The molecular weight excluding hydrogens is 420 g/mol. The lowest BCUT2D eigenvalue weighted by molar-refractivity contribution is 0.102. The molecule has 1 fully saturated rings. The molecule has 8 heteroatoms. The third-order valence-corrected chi connectivity index (χ3v) is 6.88. The number of fused-ring (bicyclic) bond motifs is 1. The van der Waals surface area contributed by atoms with E-state index in [-0.39, 0.29) is 5.91 Å². The van der Waals surface area contributed by atoms with Gasteiger partial charge in [-0.1, -0.05) is 6.07 Å². The summed E-state index contributed by atoms with van der Waals surface area (Å²) in [7, 11) is 2.13. The number of aromatic nitrogens is 1. The zero-order valence-corrected chi connectivity index (χ0v) is 19.2. The van der Waals surface area contributed by atoms with Gasteiger partial charge in [-0.3, -0.25) is 14.8 Å². The van der Waals surface area contributed by atoms with Crippen molar-refractivity contribution in [3.05, 3.63) is 63.1 Å². The number of rotatable bonds is 4. The molecule has 1 saturated heterocycles. The number of aryl methyl sites for hydroxylation is 1. The lowest BCUT2D eigenvalue weighted by atomic mass is 10.0. The number of piperazine rings is 1. The molecule has 1 aromatic carbocycles. The Morgan fingerprint density at radius 3 is 2.44 bits per heavy atom. The Bertz CT molecular complexity index is 1260. The summed E-state index contributed by atoms with van der Waals surface area (Å²) in [4.78, 5) is 31.7. The van der Waals surface area contributed by atoms with Crippen LogP contribution in [0.25, 0.3) is 11.1 Å². The molecule has 0 atom stereocenters. The van der Waals surface area contributed by atoms with Gasteiger partial charge in [0.25, 0.3) is 5.91 Å². The first kappa shape index (κ1) is 20.8. The summed E-state index contributed by atoms with van der Waals surface area (Å²) in [5, 5.41) is 8.73. The maximum atomic E-state index is 13.1. The largest absolute Gasteiger partial charge is 0.354 e. The highest BCUT2D eigenvalue weighted by Gasteiger charge is 2.18. The molecule has 164 valence electrons. The zero-order chi connectivity index (χ0) is 22.1. The lowest BCUT2D eigenvalue weighted by Gasteiger charge is -2.33. The van der Waals surface area contributed by atoms with Gasteiger partial charge in [0, 0.05) is 31.7 Å². The average Bonchev–Trinajstić information content (AvgIpc) is 3.25. The van der Waals surface area contributed by atoms with Crippen LogP contribution in [0.1, 0.15) is 15.9 Å². The van der Waals surface area contributed by atoms with Crippen LogP contribution >= 0.6 is 11.3 Å². The summed E-state index contributed by atoms with van der Waals surface area (Å²) >= 11 is 1.67. The van der Waals surface area contributed by atoms with E-state index in [2.05, 4.69) is 49.8 Å². The first-order valence-corrected chi connectivity index (χ1v) is 11.8. The van der Waals surface area contributed by atoms with Crippen LogP contribution in [-0.4, -0.2) is 62.1 Å². The summed E-state index contributed by atoms with van der Waals surface area (Å²) in [5.41, 5.74) is 4.62. The van der Waals surface area contributed by atoms with E-state index in [0.29, 0.717) is 29.7 Å². The van der Waals surface area contributed by atoms with Gasteiger partial charge >= 0.3 is 0 Å². The smallest absolute Gasteiger partial charge is 0.257 e. The van der Waals surface area contributed by atoms with E-state index in [1.165, 1.54) is 5.56 Å². The number of benzene rings is 1. The Morgan fingerprint density at radius 1 is 0.969 bits per heavy atom. The zero-order valence-electron chi connectivity index (χ0n) is 18.3. The van der Waals surface area contributed by atoms with E-state index in [4.69, 9.17) is 4.99 Å². The van der Waals surface area contributed by atoms with Crippen LogP contribution in [0.3, 0.4) is 0 Å². The summed E-state index contributed by atoms with van der Waals surface area (Å²) in [5.74, 6) is 0.752. The van der Waals surface area contributed by atoms with Gasteiger partial charge in [-0.2, -0.15) is 11.3 Å². The van der Waals surface area contributed by atoms with Crippen molar-refractivity contribution in [1.29, 1.82) is 0 Å². The second-order valence-electron chi connectivity index (χ2n) is 8.24. The molecule has 32 heavy (non-hydrogen) atoms. The van der Waals surface area contributed by atoms with Gasteiger partial charge in [0.15, 0.2) is 0 Å². The second kappa shape index (κ2) is 8.80. The van der Waals surface area contributed by atoms with Crippen molar-refractivity contribution in [2.75, 3.05) is 56.5 Å². The molecule has 2 aliphatic heterocycles. The molecule has 1 N–H and O–H groups in total. The van der Waals surface area contributed by atoms with Crippen molar-refractivity contribution in [2.45, 2.75) is 6.92 Å². The van der Waals surface area contributed by atoms with Gasteiger partial charge in [-0.25, -0.2) is 4.98 Å². The molecule has 3 aromatic rings. The number of nitrogens with one attached hydrogen (secondary N) is 1. The standard InChI is InChI=1S/C24H26N6OS/c1-16-14-32-15-20(16)18-4-5-19(23-22(18)25-7-8-26-23)24(31)28-17-3-6-21(27-13-17)30-11-9-29(2)10-12-30/h3-6,13-15H,7-12H2,1-2H3,(H,28,31). The van der Waals surface area contributed by atoms with Crippen molar-refractivity contribution in [3.63, 3.8) is 0 Å². The number of pyridine rings is 1. The monoisotopic (exact) mass is 446 g/mol. The van der Waals surface area contributed by atoms with Crippen LogP contribution in [0, 0.1) is 6.92 Å². The SMILES string of the molecule is Cc1cscc1-c1ccc(C(=O)Nc2ccc(N3CCN(C)CC3)nc2)c2c1=NCCN=2. The molecule has 2 aliphatic rings. The Labute approximate surface area is 191 Å². The second-order valence-corrected chi connectivity index (χ2v) is 8.98. The van der Waals surface area contributed by atoms with E-state index < -0.39 is 0 Å². The summed E-state index contributed by atoms with van der Waals surface area (Å²) in [6.07, 6.45) is 1.72. The Morgan fingerprint density at radius 2 is 1.75 bits per heavy atom. The summed E-state index contributed by atoms with van der Waals surface area (Å²) in [6, 6.07) is 7.73. The first-order chi connectivity index (χ1) is 15.6. The van der Waals surface area contributed by atoms with Crippen molar-refractivity contribution in [1.82, 2.24) is 9.88 Å². The topological polar surface area (TPSA) is 73.2 Å². The van der Waals surface area contributed by atoms with E-state index in [1.807, 2.05) is 24.3 Å². The Kier molecular flexibility index (Phi) is 5.71. The van der Waals surface area contributed by atoms with Crippen LogP contribution in [0.5, 0.6) is 0 Å². The van der Waals surface area contributed by atoms with Crippen LogP contribution < -0.4 is 20.9 Å². The van der Waals surface area contributed by atoms with Crippen LogP contribution in [-0.2, 0) is 0 Å². The molecule has 7 nitrogen and oxygen atoms in total. The number of hydrogen-bond acceptors (Lipinski definition) is 7. The highest BCUT2D eigenvalue weighted by atomic mass is 32.1. The number of nitrogens with zero attached hydrogens (tertiary/aromatic N) is 5. The lowest BCUT2D eigenvalue weighted by Crippen LogP contribution is -2.44. The number of amides is 1. The Hall–Kier alpha value is -3.10. The predicted octanol–water partition coefficient (Wildman–Crippen LogP) is 2.38. The van der Waals surface area contributed by atoms with Gasteiger partial charge < -0.3 is 15.1 Å². The van der Waals surface area contributed by atoms with Crippen LogP contribution in [0.15, 0.2) is 51.2 Å². The summed E-state index contributed by atoms with van der Waals surface area (Å²) < 4.78 is 0. The molecule has 0 aliphatic carbocycles. The number of carbonyl (C=O) groups excluding carboxylic acids is 1. The Balaban J connectivity index is 1.39. The molecule has 0 spiro atoms. The third kappa shape index (κ3) is 4.03. The van der Waals surface area contributed by atoms with Gasteiger partial charge in [0.2, 0.25) is 0 Å². The fourth-order valence-electron chi connectivity index (χ4n) is 4.14. The first-order valence-electron chi connectivity index (χ1n) is 10.9. The van der Waals surface area contributed by atoms with Gasteiger partial charge in [-0.05, 0) is 54.1 Å². The minimum atomic E-state index is -0.190. The summed E-state index contributed by atoms with van der Waals surface area (Å²) in [6.45, 7) is 7.32. The number of carbonyl (C=O) groups is 1. The molecular formula is C24H26N6OS. The molecule has 2 aromatic heterocycles. The van der Waals surface area contributed by atoms with E-state index in [1.54, 1.807) is 17.5 Å². The molecule has 4 heterocycles. The van der Waals surface area contributed by atoms with Crippen molar-refractivity contribution in [3.8, 4) is 11.1 Å². The molecule has 0 bridgehead atoms. The molecule has 0 unspecified atom stereocenters. The molecule has 0 saturated carbocycles. The number of thiophene rings is 1. The van der Waals surface area contributed by atoms with Gasteiger partial charge in [-0.15, -0.1) is 0 Å². The van der Waals surface area contributed by atoms with Crippen molar-refractivity contribution in [2.24, 2.45) is 9.98 Å². The molecule has 1 amide bonds. The van der Waals surface area contributed by atoms with Gasteiger partial charge in [0.1, 0.15) is 5.82 Å². The van der Waals surface area contributed by atoms with Crippen LogP contribution in [0.4, 0.5) is 11.5 Å². The number of anilines is 2. The number of hydrogen-bond donors (Lipinski definition) is 1. The normalized spacial score (nSPS) is 16.1. The maximum absolute atomic E-state index is 13.1. The highest BCUT2D eigenvalue weighted by Crippen LogP contribution is 2.24. The maximum Gasteiger partial charge on any atom is 0.257 e. The van der Waals surface area contributed by atoms with Crippen LogP contribution in [0.2, 0.25) is 0 Å². The van der Waals surface area contributed by atoms with E-state index >= 15 is 0 Å². The van der Waals surface area contributed by atoms with Crippen molar-refractivity contribution < 1.29 is 4.79 Å². The van der Waals surface area contributed by atoms with E-state index in [9.17, 15) is 4.79 Å². The minimum absolute atomic E-state index is 0.190. The third-order valence-electron chi connectivity index (χ3n) is 6.01. The fourth-order valence-corrected chi connectivity index (χ4v) is 4.99. The van der Waals surface area contributed by atoms with Crippen molar-refractivity contribution >= 4 is 28.7 Å². The number of likely N-dealkylation sites (N-methyl/N-ethyl adjacent to an activating group) is 1.